The molecule has 4 heteroatoms. The van der Waals surface area contributed by atoms with Crippen LogP contribution in [0.15, 0.2) is 30.3 Å². The lowest BCUT2D eigenvalue weighted by molar-refractivity contribution is -0.0151. The van der Waals surface area contributed by atoms with Crippen LogP contribution in [0.2, 0.25) is 0 Å². The van der Waals surface area contributed by atoms with E-state index in [1.165, 1.54) is 7.11 Å². The highest BCUT2D eigenvalue weighted by molar-refractivity contribution is 6.44. The molecule has 0 spiro atoms. The Balaban J connectivity index is 2.90. The molecule has 1 aromatic rings. The van der Waals surface area contributed by atoms with Gasteiger partial charge in [0, 0.05) is 12.7 Å². The Hall–Kier alpha value is -1.77. The van der Waals surface area contributed by atoms with Crippen molar-refractivity contribution in [1.29, 1.82) is 0 Å². The van der Waals surface area contributed by atoms with E-state index in [-0.39, 0.29) is 18.1 Å². The molecule has 0 aliphatic rings. The van der Waals surface area contributed by atoms with E-state index in [1.54, 1.807) is 24.3 Å². The fraction of sp³-hybridized carbons (Fsp3) is 0.200. The van der Waals surface area contributed by atoms with Gasteiger partial charge >= 0.3 is 5.71 Å². The normalized spacial score (nSPS) is 9.21. The lowest BCUT2D eigenvalue weighted by atomic mass is 10.1. The predicted molar refractivity (Wildman–Crippen MR) is 51.3 cm³/mol. The summed E-state index contributed by atoms with van der Waals surface area (Å²) in [4.78, 5) is 14.5. The number of rotatable bonds is 4. The minimum Gasteiger partial charge on any atom is -0.372 e. The van der Waals surface area contributed by atoms with Crippen molar-refractivity contribution in [2.24, 2.45) is 0 Å². The molecule has 72 valence electrons. The summed E-state index contributed by atoms with van der Waals surface area (Å²) in [6, 6.07) is 8.61. The van der Waals surface area contributed by atoms with Crippen molar-refractivity contribution in [2.75, 3.05) is 13.7 Å². The van der Waals surface area contributed by atoms with Gasteiger partial charge in [0.25, 0.3) is 5.78 Å². The fourth-order valence-electron chi connectivity index (χ4n) is 1.03. The van der Waals surface area contributed by atoms with Crippen molar-refractivity contribution in [3.63, 3.8) is 0 Å². The molecule has 0 aliphatic heterocycles. The Morgan fingerprint density at radius 1 is 1.43 bits per heavy atom. The highest BCUT2D eigenvalue weighted by Crippen LogP contribution is 2.00. The summed E-state index contributed by atoms with van der Waals surface area (Å²) in [7, 11) is 1.43. The molecule has 0 heterocycles. The van der Waals surface area contributed by atoms with Gasteiger partial charge in [0.05, 0.1) is 0 Å². The predicted octanol–water partition coefficient (Wildman–Crippen LogP) is 1.19. The molecule has 0 amide bonds. The van der Waals surface area contributed by atoms with Gasteiger partial charge in [-0.05, 0) is 0 Å². The standard InChI is InChI=1S/C10H10N2O2/c1-14-7-9(12-11)10(13)8-5-3-2-4-6-8/h2-6H,7H2,1H3. The molecule has 0 N–H and O–H groups in total. The number of carbonyl (C=O) groups excluding carboxylic acids is 1. The molecule has 0 atom stereocenters. The summed E-state index contributed by atoms with van der Waals surface area (Å²) in [5.41, 5.74) is 9.06. The number of nitrogens with zero attached hydrogens (tertiary/aromatic N) is 2. The van der Waals surface area contributed by atoms with Crippen LogP contribution in [-0.4, -0.2) is 30.0 Å². The van der Waals surface area contributed by atoms with Gasteiger partial charge in [-0.2, -0.15) is 4.79 Å². The van der Waals surface area contributed by atoms with Crippen LogP contribution in [0, 0.1) is 0 Å². The first kappa shape index (κ1) is 10.3. The first-order valence-corrected chi connectivity index (χ1v) is 4.09. The smallest absolute Gasteiger partial charge is 0.364 e. The highest BCUT2D eigenvalue weighted by Gasteiger charge is 2.20. The van der Waals surface area contributed by atoms with E-state index in [1.807, 2.05) is 6.07 Å². The fourth-order valence-corrected chi connectivity index (χ4v) is 1.03. The Morgan fingerprint density at radius 3 is 2.57 bits per heavy atom. The van der Waals surface area contributed by atoms with Crippen LogP contribution in [0.4, 0.5) is 0 Å². The molecular formula is C10H10N2O2. The average molecular weight is 190 g/mol. The van der Waals surface area contributed by atoms with Gasteiger partial charge in [0.1, 0.15) is 0 Å². The highest BCUT2D eigenvalue weighted by atomic mass is 16.5. The zero-order chi connectivity index (χ0) is 10.4. The Labute approximate surface area is 81.7 Å². The van der Waals surface area contributed by atoms with Crippen LogP contribution in [0.3, 0.4) is 0 Å². The number of ketones is 1. The maximum absolute atomic E-state index is 11.6. The van der Waals surface area contributed by atoms with Gasteiger partial charge in [-0.1, -0.05) is 30.3 Å². The molecule has 0 aliphatic carbocycles. The monoisotopic (exact) mass is 190 g/mol. The number of hydrogen-bond acceptors (Lipinski definition) is 2. The summed E-state index contributed by atoms with van der Waals surface area (Å²) in [6.07, 6.45) is 0. The van der Waals surface area contributed by atoms with E-state index in [2.05, 4.69) is 4.79 Å². The molecule has 4 nitrogen and oxygen atoms in total. The second-order valence-corrected chi connectivity index (χ2v) is 2.67. The minimum absolute atomic E-state index is 0.00120. The van der Waals surface area contributed by atoms with Gasteiger partial charge in [0.2, 0.25) is 0 Å². The van der Waals surface area contributed by atoms with E-state index in [0.29, 0.717) is 5.56 Å². The second kappa shape index (κ2) is 5.07. The van der Waals surface area contributed by atoms with E-state index >= 15 is 0 Å². The van der Waals surface area contributed by atoms with Crippen LogP contribution >= 0.6 is 0 Å². The molecule has 0 bridgehead atoms. The summed E-state index contributed by atoms with van der Waals surface area (Å²) in [6.45, 7) is 0.00419. The third-order valence-electron chi connectivity index (χ3n) is 1.70. The maximum Gasteiger partial charge on any atom is 0.364 e. The van der Waals surface area contributed by atoms with Crippen molar-refractivity contribution in [3.8, 4) is 0 Å². The van der Waals surface area contributed by atoms with Gasteiger partial charge < -0.3 is 10.3 Å². The van der Waals surface area contributed by atoms with Crippen LogP contribution in [0.5, 0.6) is 0 Å². The number of carbonyl (C=O) groups is 1. The first-order valence-electron chi connectivity index (χ1n) is 4.09. The summed E-state index contributed by atoms with van der Waals surface area (Å²) in [5.74, 6) is -0.324. The van der Waals surface area contributed by atoms with Crippen molar-refractivity contribution < 1.29 is 14.3 Å². The zero-order valence-electron chi connectivity index (χ0n) is 7.80. The van der Waals surface area contributed by atoms with Gasteiger partial charge in [-0.3, -0.25) is 4.79 Å². The molecule has 1 aromatic carbocycles. The molecule has 0 saturated heterocycles. The Kier molecular flexibility index (Phi) is 3.73. The van der Waals surface area contributed by atoms with Crippen molar-refractivity contribution >= 4 is 11.5 Å². The molecule has 0 saturated carbocycles. The Bertz CT molecular complexity index is 367. The second-order valence-electron chi connectivity index (χ2n) is 2.67. The molecule has 0 fully saturated rings. The third kappa shape index (κ3) is 2.36. The topological polar surface area (TPSA) is 62.7 Å². The van der Waals surface area contributed by atoms with E-state index in [9.17, 15) is 4.79 Å². The van der Waals surface area contributed by atoms with Gasteiger partial charge in [-0.15, -0.1) is 0 Å². The number of ether oxygens (including phenoxy) is 1. The van der Waals surface area contributed by atoms with Gasteiger partial charge in [-0.25, -0.2) is 0 Å². The SMILES string of the molecule is COCC(=[N+]=[N-])C(=O)c1ccccc1. The van der Waals surface area contributed by atoms with Crippen LogP contribution in [0.1, 0.15) is 10.4 Å². The first-order chi connectivity index (χ1) is 6.79. The van der Waals surface area contributed by atoms with E-state index < -0.39 is 0 Å². The largest absolute Gasteiger partial charge is 0.372 e. The quantitative estimate of drug-likeness (QED) is 0.310. The van der Waals surface area contributed by atoms with Crippen molar-refractivity contribution in [3.05, 3.63) is 41.4 Å². The van der Waals surface area contributed by atoms with Crippen molar-refractivity contribution in [2.45, 2.75) is 0 Å². The molecular weight excluding hydrogens is 180 g/mol. The van der Waals surface area contributed by atoms with Crippen molar-refractivity contribution in [1.82, 2.24) is 0 Å². The lowest BCUT2D eigenvalue weighted by Gasteiger charge is -1.95. The average Bonchev–Trinajstić information content (AvgIpc) is 2.26. The molecule has 0 radical (unpaired) electrons. The summed E-state index contributed by atoms with van der Waals surface area (Å²) < 4.78 is 4.73. The van der Waals surface area contributed by atoms with Gasteiger partial charge in [0.15, 0.2) is 6.61 Å². The number of benzene rings is 1. The van der Waals surface area contributed by atoms with Crippen LogP contribution in [-0.2, 0) is 4.74 Å². The maximum atomic E-state index is 11.6. The number of hydrogen-bond donors (Lipinski definition) is 0. The molecule has 0 unspecified atom stereocenters. The summed E-state index contributed by atoms with van der Waals surface area (Å²) >= 11 is 0. The van der Waals surface area contributed by atoms with E-state index in [0.717, 1.165) is 0 Å². The summed E-state index contributed by atoms with van der Waals surface area (Å²) in [5, 5.41) is 0. The number of Topliss-reactive ketones (excluding diaryl/α,β-unsaturated/α-hetero) is 1. The van der Waals surface area contributed by atoms with E-state index in [4.69, 9.17) is 10.3 Å². The molecule has 1 rings (SSSR count). The minimum atomic E-state index is -0.324. The lowest BCUT2D eigenvalue weighted by Crippen LogP contribution is -2.20. The number of methoxy groups -OCH3 is 1. The molecule has 14 heavy (non-hydrogen) atoms. The van der Waals surface area contributed by atoms with Crippen LogP contribution < -0.4 is 0 Å². The third-order valence-corrected chi connectivity index (χ3v) is 1.70. The van der Waals surface area contributed by atoms with Crippen LogP contribution in [0.25, 0.3) is 5.53 Å². The molecule has 0 aromatic heterocycles. The Morgan fingerprint density at radius 2 is 2.07 bits per heavy atom. The zero-order valence-corrected chi connectivity index (χ0v) is 7.80.